The fraction of sp³-hybridized carbons (Fsp3) is 0.407. The van der Waals surface area contributed by atoms with Gasteiger partial charge < -0.3 is 15.5 Å². The van der Waals surface area contributed by atoms with E-state index in [2.05, 4.69) is 54.1 Å². The fourth-order valence-corrected chi connectivity index (χ4v) is 6.13. The van der Waals surface area contributed by atoms with Crippen molar-refractivity contribution < 1.29 is 13.2 Å². The van der Waals surface area contributed by atoms with Crippen molar-refractivity contribution in [1.82, 2.24) is 19.7 Å². The summed E-state index contributed by atoms with van der Waals surface area (Å²) in [4.78, 5) is 31.0. The van der Waals surface area contributed by atoms with Gasteiger partial charge in [-0.25, -0.2) is 28.1 Å². The zero-order chi connectivity index (χ0) is 27.7. The first kappa shape index (κ1) is 27.3. The van der Waals surface area contributed by atoms with Crippen LogP contribution in [-0.2, 0) is 10.0 Å². The molecule has 1 aliphatic heterocycles. The van der Waals surface area contributed by atoms with Gasteiger partial charge in [-0.05, 0) is 76.4 Å². The van der Waals surface area contributed by atoms with Crippen molar-refractivity contribution >= 4 is 33.4 Å². The largest absolute Gasteiger partial charge is 0.383 e. The molecule has 10 nitrogen and oxygen atoms in total. The molecule has 1 aliphatic rings. The van der Waals surface area contributed by atoms with E-state index in [-0.39, 0.29) is 21.8 Å². The van der Waals surface area contributed by atoms with E-state index >= 15 is 0 Å². The van der Waals surface area contributed by atoms with Crippen LogP contribution in [0.25, 0.3) is 11.4 Å². The van der Waals surface area contributed by atoms with E-state index in [4.69, 9.17) is 15.7 Å². The second-order valence-electron chi connectivity index (χ2n) is 10.2. The molecule has 0 aliphatic carbocycles. The predicted octanol–water partition coefficient (Wildman–Crippen LogP) is 3.71. The first-order valence-electron chi connectivity index (χ1n) is 12.8. The van der Waals surface area contributed by atoms with Crippen molar-refractivity contribution in [3.63, 3.8) is 0 Å². The van der Waals surface area contributed by atoms with Crippen molar-refractivity contribution in [1.29, 1.82) is 0 Å². The van der Waals surface area contributed by atoms with Gasteiger partial charge in [-0.1, -0.05) is 13.0 Å². The first-order valence-corrected chi connectivity index (χ1v) is 14.2. The zero-order valence-electron chi connectivity index (χ0n) is 22.5. The van der Waals surface area contributed by atoms with Gasteiger partial charge in [-0.15, -0.1) is 0 Å². The highest BCUT2D eigenvalue weighted by molar-refractivity contribution is 7.90. The molecule has 1 amide bonds. The Morgan fingerprint density at radius 1 is 1.11 bits per heavy atom. The predicted molar refractivity (Wildman–Crippen MR) is 150 cm³/mol. The van der Waals surface area contributed by atoms with E-state index in [0.29, 0.717) is 29.7 Å². The van der Waals surface area contributed by atoms with E-state index < -0.39 is 15.9 Å². The van der Waals surface area contributed by atoms with Gasteiger partial charge in [0.25, 0.3) is 15.9 Å². The first-order chi connectivity index (χ1) is 18.0. The number of hydrogen-bond donors (Lipinski definition) is 2. The summed E-state index contributed by atoms with van der Waals surface area (Å²) in [5, 5.41) is 0. The molecular weight excluding hydrogens is 502 g/mol. The van der Waals surface area contributed by atoms with Gasteiger partial charge in [0.05, 0.1) is 17.0 Å². The lowest BCUT2D eigenvalue weighted by molar-refractivity contribution is 0.0981. The molecule has 202 valence electrons. The van der Waals surface area contributed by atoms with Crippen molar-refractivity contribution in [3.05, 3.63) is 54.2 Å². The number of hydrogen-bond acceptors (Lipinski definition) is 9. The smallest absolute Gasteiger partial charge is 0.268 e. The van der Waals surface area contributed by atoms with Crippen molar-refractivity contribution in [3.8, 4) is 11.4 Å². The average Bonchev–Trinajstić information content (AvgIpc) is 3.16. The van der Waals surface area contributed by atoms with E-state index in [9.17, 15) is 13.2 Å². The number of carbonyl (C=O) groups is 1. The summed E-state index contributed by atoms with van der Waals surface area (Å²) in [6.07, 6.45) is 2.29. The topological polar surface area (TPSA) is 134 Å². The number of nitrogen functional groups attached to an aromatic ring is 1. The summed E-state index contributed by atoms with van der Waals surface area (Å²) in [6.45, 7) is 12.8. The van der Waals surface area contributed by atoms with Crippen LogP contribution >= 0.6 is 0 Å². The quantitative estimate of drug-likeness (QED) is 0.441. The Morgan fingerprint density at radius 3 is 2.45 bits per heavy atom. The minimum absolute atomic E-state index is 0.154. The van der Waals surface area contributed by atoms with Gasteiger partial charge in [0.15, 0.2) is 0 Å². The van der Waals surface area contributed by atoms with E-state index in [0.717, 1.165) is 25.3 Å². The van der Waals surface area contributed by atoms with Gasteiger partial charge in [0, 0.05) is 31.4 Å². The van der Waals surface area contributed by atoms with Crippen LogP contribution in [0.15, 0.2) is 53.6 Å². The average molecular weight is 538 g/mol. The maximum absolute atomic E-state index is 13.4. The number of anilines is 3. The molecule has 3 aromatic heterocycles. The molecule has 38 heavy (non-hydrogen) atoms. The number of sulfonamides is 1. The van der Waals surface area contributed by atoms with Gasteiger partial charge >= 0.3 is 0 Å². The zero-order valence-corrected chi connectivity index (χ0v) is 23.3. The molecule has 3 N–H and O–H groups in total. The Morgan fingerprint density at radius 2 is 1.82 bits per heavy atom. The van der Waals surface area contributed by atoms with Crippen LogP contribution < -0.4 is 20.3 Å². The molecule has 0 bridgehead atoms. The number of amides is 1. The summed E-state index contributed by atoms with van der Waals surface area (Å²) in [6, 6.07) is 11.8. The van der Waals surface area contributed by atoms with Crippen molar-refractivity contribution in [2.24, 2.45) is 5.92 Å². The number of aromatic nitrogens is 3. The molecular formula is C27H35N7O3S. The monoisotopic (exact) mass is 537 g/mol. The lowest BCUT2D eigenvalue weighted by Crippen LogP contribution is -2.41. The fourth-order valence-electron chi connectivity index (χ4n) is 5.09. The molecule has 0 aromatic carbocycles. The summed E-state index contributed by atoms with van der Waals surface area (Å²) < 4.78 is 28.1. The molecule has 3 aromatic rings. The summed E-state index contributed by atoms with van der Waals surface area (Å²) in [7, 11) is -4.25. The Balaban J connectivity index is 1.78. The molecule has 1 fully saturated rings. The minimum Gasteiger partial charge on any atom is -0.383 e. The third-order valence-electron chi connectivity index (χ3n) is 6.85. The molecule has 11 heteroatoms. The number of pyridine rings is 3. The normalized spacial score (nSPS) is 16.9. The Kier molecular flexibility index (Phi) is 7.59. The molecule has 0 radical (unpaired) electrons. The maximum Gasteiger partial charge on any atom is 0.268 e. The molecule has 1 atom stereocenters. The lowest BCUT2D eigenvalue weighted by atomic mass is 9.97. The number of nitrogens with two attached hydrogens (primary N) is 1. The van der Waals surface area contributed by atoms with Crippen molar-refractivity contribution in [2.45, 2.75) is 51.5 Å². The highest BCUT2D eigenvalue weighted by Crippen LogP contribution is 2.38. The van der Waals surface area contributed by atoms with Gasteiger partial charge in [0.1, 0.15) is 22.3 Å². The second-order valence-corrected chi connectivity index (χ2v) is 11.8. The lowest BCUT2D eigenvalue weighted by Gasteiger charge is -2.34. The van der Waals surface area contributed by atoms with Crippen LogP contribution in [0.2, 0.25) is 0 Å². The van der Waals surface area contributed by atoms with Crippen LogP contribution in [-0.4, -0.2) is 54.5 Å². The van der Waals surface area contributed by atoms with E-state index in [1.54, 1.807) is 12.1 Å². The maximum atomic E-state index is 13.4. The number of carbonyl (C=O) groups excluding carboxylic acids is 1. The number of rotatable bonds is 8. The molecule has 1 saturated heterocycles. The van der Waals surface area contributed by atoms with Crippen LogP contribution in [0.4, 0.5) is 17.5 Å². The van der Waals surface area contributed by atoms with Crippen LogP contribution in [0.3, 0.4) is 0 Å². The molecule has 4 heterocycles. The third kappa shape index (κ3) is 5.42. The van der Waals surface area contributed by atoms with Gasteiger partial charge in [-0.3, -0.25) is 4.79 Å². The minimum atomic E-state index is -4.25. The van der Waals surface area contributed by atoms with Gasteiger partial charge in [0.2, 0.25) is 0 Å². The van der Waals surface area contributed by atoms with Crippen LogP contribution in [0.1, 0.15) is 51.4 Å². The number of nitrogens with zero attached hydrogens (tertiary/aromatic N) is 5. The SMILES string of the molecule is CCN(CC)c1cccc(-c2ccc(C(=O)NS(=O)(=O)c3cccnc3N)c(N3C[C@@H](C)CC3(C)C)n2)n1. The molecule has 0 unspecified atom stereocenters. The summed E-state index contributed by atoms with van der Waals surface area (Å²) in [5.41, 5.74) is 6.90. The highest BCUT2D eigenvalue weighted by atomic mass is 32.2. The summed E-state index contributed by atoms with van der Waals surface area (Å²) >= 11 is 0. The Bertz CT molecular complexity index is 1440. The second kappa shape index (κ2) is 10.6. The van der Waals surface area contributed by atoms with Gasteiger partial charge in [-0.2, -0.15) is 0 Å². The Hall–Kier alpha value is -3.73. The van der Waals surface area contributed by atoms with Crippen LogP contribution in [0.5, 0.6) is 0 Å². The van der Waals surface area contributed by atoms with E-state index in [1.807, 2.05) is 18.2 Å². The highest BCUT2D eigenvalue weighted by Gasteiger charge is 2.39. The molecule has 4 rings (SSSR count). The standard InChI is InChI=1S/C27H35N7O3S/c1-6-33(7-2)23-12-8-10-20(30-23)21-14-13-19(25(31-21)34-17-18(3)16-27(34,4)5)26(35)32-38(36,37)22-11-9-15-29-24(22)28/h8-15,18H,6-7,16-17H2,1-5H3,(H2,28,29)(H,32,35)/t18-/m0/s1. The number of nitrogens with one attached hydrogen (secondary N) is 1. The van der Waals surface area contributed by atoms with E-state index in [1.165, 1.54) is 18.3 Å². The molecule has 0 saturated carbocycles. The van der Waals surface area contributed by atoms with Crippen LogP contribution in [0, 0.1) is 5.92 Å². The van der Waals surface area contributed by atoms with Crippen molar-refractivity contribution in [2.75, 3.05) is 35.2 Å². The third-order valence-corrected chi connectivity index (χ3v) is 8.23. The molecule has 0 spiro atoms. The Labute approximate surface area is 224 Å². The summed E-state index contributed by atoms with van der Waals surface area (Å²) in [5.74, 6) is 0.652.